The van der Waals surface area contributed by atoms with E-state index in [1.54, 1.807) is 23.7 Å². The van der Waals surface area contributed by atoms with Crippen LogP contribution in [0.4, 0.5) is 5.69 Å². The molecule has 1 unspecified atom stereocenters. The van der Waals surface area contributed by atoms with Gasteiger partial charge >= 0.3 is 0 Å². The summed E-state index contributed by atoms with van der Waals surface area (Å²) in [5, 5.41) is 4.01. The second kappa shape index (κ2) is 6.66. The van der Waals surface area contributed by atoms with Crippen molar-refractivity contribution in [3.8, 4) is 22.1 Å². The van der Waals surface area contributed by atoms with Crippen molar-refractivity contribution in [2.75, 3.05) is 12.1 Å². The summed E-state index contributed by atoms with van der Waals surface area (Å²) in [5.74, 6) is 1.37. The predicted octanol–water partition coefficient (Wildman–Crippen LogP) is 3.68. The van der Waals surface area contributed by atoms with Crippen LogP contribution in [0.1, 0.15) is 17.0 Å². The fraction of sp³-hybridized carbons (Fsp3) is 0.250. The largest absolute Gasteiger partial charge is 0.454 e. The minimum Gasteiger partial charge on any atom is -0.454 e. The fourth-order valence-electron chi connectivity index (χ4n) is 3.44. The highest BCUT2D eigenvalue weighted by Crippen LogP contribution is 2.36. The Morgan fingerprint density at radius 2 is 2.00 bits per heavy atom. The molecule has 0 radical (unpaired) electrons. The highest BCUT2D eigenvalue weighted by atomic mass is 32.1. The fourth-order valence-corrected chi connectivity index (χ4v) is 4.63. The van der Waals surface area contributed by atoms with E-state index in [1.807, 2.05) is 30.3 Å². The van der Waals surface area contributed by atoms with Gasteiger partial charge in [-0.3, -0.25) is 9.78 Å². The highest BCUT2D eigenvalue weighted by molar-refractivity contribution is 7.15. The molecule has 0 fully saturated rings. The van der Waals surface area contributed by atoms with Crippen molar-refractivity contribution in [2.45, 2.75) is 19.3 Å². The number of aryl methyl sites for hydroxylation is 1. The quantitative estimate of drug-likeness (QED) is 0.752. The number of benzene rings is 1. The van der Waals surface area contributed by atoms with Gasteiger partial charge in [-0.05, 0) is 43.5 Å². The van der Waals surface area contributed by atoms with Crippen molar-refractivity contribution >= 4 is 22.9 Å². The molecule has 1 amide bonds. The van der Waals surface area contributed by atoms with Crippen LogP contribution in [-0.4, -0.2) is 22.7 Å². The van der Waals surface area contributed by atoms with Crippen molar-refractivity contribution < 1.29 is 14.3 Å². The number of hydrogen-bond donors (Lipinski definition) is 1. The Labute approximate surface area is 160 Å². The van der Waals surface area contributed by atoms with Gasteiger partial charge in [-0.25, -0.2) is 4.98 Å². The lowest BCUT2D eigenvalue weighted by Crippen LogP contribution is -2.27. The summed E-state index contributed by atoms with van der Waals surface area (Å²) in [6.07, 6.45) is 5.92. The van der Waals surface area contributed by atoms with Crippen LogP contribution in [0.2, 0.25) is 0 Å². The maximum atomic E-state index is 12.7. The number of ether oxygens (including phenoxy) is 2. The Balaban J connectivity index is 1.30. The first-order chi connectivity index (χ1) is 13.3. The number of carbonyl (C=O) groups excluding carboxylic acids is 1. The molecule has 3 aromatic rings. The summed E-state index contributed by atoms with van der Waals surface area (Å²) in [6.45, 7) is 0.226. The van der Waals surface area contributed by atoms with Crippen molar-refractivity contribution in [2.24, 2.45) is 5.92 Å². The smallest absolute Gasteiger partial charge is 0.231 e. The predicted molar refractivity (Wildman–Crippen MR) is 102 cm³/mol. The van der Waals surface area contributed by atoms with Gasteiger partial charge in [0.1, 0.15) is 5.01 Å². The third-order valence-corrected chi connectivity index (χ3v) is 6.05. The van der Waals surface area contributed by atoms with Gasteiger partial charge in [0.15, 0.2) is 11.5 Å². The van der Waals surface area contributed by atoms with Crippen LogP contribution in [0.5, 0.6) is 11.5 Å². The Hall–Kier alpha value is -2.93. The number of aromatic nitrogens is 2. The Kier molecular flexibility index (Phi) is 4.01. The molecule has 1 aromatic carbocycles. The molecule has 7 heteroatoms. The van der Waals surface area contributed by atoms with Crippen LogP contribution in [0.15, 0.2) is 42.7 Å². The number of carbonyl (C=O) groups is 1. The first-order valence-electron chi connectivity index (χ1n) is 8.86. The van der Waals surface area contributed by atoms with E-state index >= 15 is 0 Å². The zero-order valence-electron chi connectivity index (χ0n) is 14.5. The van der Waals surface area contributed by atoms with E-state index in [1.165, 1.54) is 4.88 Å². The van der Waals surface area contributed by atoms with E-state index < -0.39 is 0 Å². The van der Waals surface area contributed by atoms with Crippen LogP contribution in [0.25, 0.3) is 10.6 Å². The molecule has 6 nitrogen and oxygen atoms in total. The Morgan fingerprint density at radius 3 is 2.89 bits per heavy atom. The first-order valence-corrected chi connectivity index (χ1v) is 9.67. The van der Waals surface area contributed by atoms with E-state index in [9.17, 15) is 4.79 Å². The molecular formula is C20H17N3O3S. The van der Waals surface area contributed by atoms with Gasteiger partial charge in [-0.15, -0.1) is 11.3 Å². The van der Waals surface area contributed by atoms with E-state index in [2.05, 4.69) is 10.3 Å². The van der Waals surface area contributed by atoms with Crippen LogP contribution < -0.4 is 14.8 Å². The van der Waals surface area contributed by atoms with Crippen LogP contribution in [0.3, 0.4) is 0 Å². The van der Waals surface area contributed by atoms with Crippen molar-refractivity contribution in [3.63, 3.8) is 0 Å². The monoisotopic (exact) mass is 379 g/mol. The molecule has 1 aliphatic carbocycles. The van der Waals surface area contributed by atoms with Crippen LogP contribution in [0, 0.1) is 5.92 Å². The molecule has 0 spiro atoms. The maximum absolute atomic E-state index is 12.7. The molecule has 0 saturated carbocycles. The zero-order chi connectivity index (χ0) is 18.2. The molecule has 2 aliphatic rings. The third kappa shape index (κ3) is 3.14. The molecular weight excluding hydrogens is 362 g/mol. The topological polar surface area (TPSA) is 73.3 Å². The molecule has 0 saturated heterocycles. The second-order valence-corrected chi connectivity index (χ2v) is 7.71. The highest BCUT2D eigenvalue weighted by Gasteiger charge is 2.28. The number of hydrogen-bond acceptors (Lipinski definition) is 6. The molecule has 27 heavy (non-hydrogen) atoms. The number of fused-ring (bicyclic) bond motifs is 2. The molecule has 1 atom stereocenters. The number of nitrogens with one attached hydrogen (secondary N) is 1. The molecule has 2 aromatic heterocycles. The van der Waals surface area contributed by atoms with Gasteiger partial charge in [0.25, 0.3) is 0 Å². The lowest BCUT2D eigenvalue weighted by atomic mass is 9.90. The molecule has 136 valence electrons. The number of pyridine rings is 1. The summed E-state index contributed by atoms with van der Waals surface area (Å²) >= 11 is 1.68. The summed E-state index contributed by atoms with van der Waals surface area (Å²) in [5.41, 5.74) is 2.93. The standard InChI is InChI=1S/C20H17N3O3S/c24-19(22-14-2-4-16-17(10-14)26-11-25-16)13-1-3-15-18(9-13)27-20(23-15)12-5-7-21-8-6-12/h2,4-8,10,13H,1,3,9,11H2,(H,22,24). The zero-order valence-corrected chi connectivity index (χ0v) is 15.3. The molecule has 0 bridgehead atoms. The number of amides is 1. The summed E-state index contributed by atoms with van der Waals surface area (Å²) in [6, 6.07) is 9.40. The van der Waals surface area contributed by atoms with Crippen molar-refractivity contribution in [3.05, 3.63) is 53.3 Å². The van der Waals surface area contributed by atoms with Gasteiger partial charge in [-0.2, -0.15) is 0 Å². The average Bonchev–Trinajstić information content (AvgIpc) is 3.34. The Morgan fingerprint density at radius 1 is 1.15 bits per heavy atom. The van der Waals surface area contributed by atoms with E-state index in [4.69, 9.17) is 14.5 Å². The normalized spacial score (nSPS) is 17.4. The summed E-state index contributed by atoms with van der Waals surface area (Å²) in [4.78, 5) is 22.8. The van der Waals surface area contributed by atoms with Crippen LogP contribution >= 0.6 is 11.3 Å². The van der Waals surface area contributed by atoms with Crippen molar-refractivity contribution in [1.82, 2.24) is 9.97 Å². The van der Waals surface area contributed by atoms with Gasteiger partial charge in [0.05, 0.1) is 5.69 Å². The number of nitrogens with zero attached hydrogens (tertiary/aromatic N) is 2. The second-order valence-electron chi connectivity index (χ2n) is 6.62. The maximum Gasteiger partial charge on any atom is 0.231 e. The van der Waals surface area contributed by atoms with Crippen LogP contribution in [-0.2, 0) is 17.6 Å². The average molecular weight is 379 g/mol. The summed E-state index contributed by atoms with van der Waals surface area (Å²) in [7, 11) is 0. The molecule has 1 aliphatic heterocycles. The SMILES string of the molecule is O=C(Nc1ccc2c(c1)OCO2)C1CCc2nc(-c3ccncc3)sc2C1. The van der Waals surface area contributed by atoms with Gasteiger partial charge in [-0.1, -0.05) is 0 Å². The minimum atomic E-state index is -0.0475. The molecule has 1 N–H and O–H groups in total. The van der Waals surface area contributed by atoms with E-state index in [0.29, 0.717) is 11.5 Å². The lowest BCUT2D eigenvalue weighted by molar-refractivity contribution is -0.120. The molecule has 3 heterocycles. The summed E-state index contributed by atoms with van der Waals surface area (Å²) < 4.78 is 10.7. The van der Waals surface area contributed by atoms with Gasteiger partial charge in [0.2, 0.25) is 12.7 Å². The van der Waals surface area contributed by atoms with Crippen molar-refractivity contribution in [1.29, 1.82) is 0 Å². The van der Waals surface area contributed by atoms with Gasteiger partial charge in [0, 0.05) is 40.5 Å². The number of rotatable bonds is 3. The lowest BCUT2D eigenvalue weighted by Gasteiger charge is -2.20. The van der Waals surface area contributed by atoms with Gasteiger partial charge < -0.3 is 14.8 Å². The Bertz CT molecular complexity index is 1000. The first kappa shape index (κ1) is 16.3. The minimum absolute atomic E-state index is 0.0402. The number of anilines is 1. The van der Waals surface area contributed by atoms with E-state index in [-0.39, 0.29) is 18.6 Å². The third-order valence-electron chi connectivity index (χ3n) is 4.88. The number of thiazole rings is 1. The van der Waals surface area contributed by atoms with E-state index in [0.717, 1.165) is 41.2 Å². The molecule has 5 rings (SSSR count).